The van der Waals surface area contributed by atoms with Crippen LogP contribution in [0.25, 0.3) is 0 Å². The molecule has 3 nitrogen and oxygen atoms in total. The summed E-state index contributed by atoms with van der Waals surface area (Å²) in [5.41, 5.74) is 1.46. The van der Waals surface area contributed by atoms with Gasteiger partial charge in [-0.3, -0.25) is 0 Å². The van der Waals surface area contributed by atoms with E-state index in [-0.39, 0.29) is 0 Å². The summed E-state index contributed by atoms with van der Waals surface area (Å²) in [5.74, 6) is 0. The Morgan fingerprint density at radius 2 is 2.28 bits per heavy atom. The van der Waals surface area contributed by atoms with Crippen LogP contribution in [0, 0.1) is 0 Å². The molecule has 0 saturated carbocycles. The van der Waals surface area contributed by atoms with Gasteiger partial charge in [-0.1, -0.05) is 0 Å². The van der Waals surface area contributed by atoms with Gasteiger partial charge in [-0.25, -0.2) is 0 Å². The summed E-state index contributed by atoms with van der Waals surface area (Å²) >= 11 is 1.79. The van der Waals surface area contributed by atoms with Crippen molar-refractivity contribution in [1.82, 2.24) is 15.1 Å². The van der Waals surface area contributed by atoms with E-state index >= 15 is 0 Å². The summed E-state index contributed by atoms with van der Waals surface area (Å²) in [6.45, 7) is 3.58. The third kappa shape index (κ3) is 3.79. The molecule has 0 amide bonds. The van der Waals surface area contributed by atoms with Crippen LogP contribution in [0.1, 0.15) is 12.0 Å². The largest absolute Gasteiger partial charge is 0.317 e. The fraction of sp³-hybridized carbons (Fsp3) is 0.714. The molecule has 2 unspecified atom stereocenters. The molecule has 4 heteroatoms. The first-order valence-electron chi connectivity index (χ1n) is 6.76. The molecular weight excluding hydrogens is 242 g/mol. The smallest absolute Gasteiger partial charge is 0.0235 e. The van der Waals surface area contributed by atoms with Crippen molar-refractivity contribution in [3.63, 3.8) is 0 Å². The second-order valence-electron chi connectivity index (χ2n) is 5.45. The molecule has 1 aromatic rings. The van der Waals surface area contributed by atoms with E-state index in [2.05, 4.69) is 53.1 Å². The molecule has 1 N–H and O–H groups in total. The lowest BCUT2D eigenvalue weighted by molar-refractivity contribution is 0.102. The van der Waals surface area contributed by atoms with E-state index in [9.17, 15) is 0 Å². The molecule has 1 aliphatic rings. The van der Waals surface area contributed by atoms with Crippen molar-refractivity contribution >= 4 is 11.3 Å². The lowest BCUT2D eigenvalue weighted by Gasteiger charge is -2.39. The van der Waals surface area contributed by atoms with Gasteiger partial charge in [0, 0.05) is 31.7 Å². The van der Waals surface area contributed by atoms with Gasteiger partial charge in [-0.15, -0.1) is 0 Å². The molecule has 1 saturated heterocycles. The van der Waals surface area contributed by atoms with Gasteiger partial charge < -0.3 is 15.1 Å². The highest BCUT2D eigenvalue weighted by molar-refractivity contribution is 7.07. The van der Waals surface area contributed by atoms with Gasteiger partial charge in [0.1, 0.15) is 0 Å². The van der Waals surface area contributed by atoms with E-state index in [4.69, 9.17) is 0 Å². The van der Waals surface area contributed by atoms with E-state index < -0.39 is 0 Å². The Hall–Kier alpha value is -0.420. The molecule has 0 radical (unpaired) electrons. The standard InChI is InChI=1S/C14H25N3S/c1-15-13(8-12-4-7-18-11-12)9-14-10-16(2)5-6-17(14)3/h4,7,11,13-15H,5-6,8-10H2,1-3H3. The quantitative estimate of drug-likeness (QED) is 0.872. The van der Waals surface area contributed by atoms with Crippen molar-refractivity contribution in [2.75, 3.05) is 40.8 Å². The van der Waals surface area contributed by atoms with Crippen LogP contribution < -0.4 is 5.32 Å². The van der Waals surface area contributed by atoms with Crippen LogP contribution in [-0.4, -0.2) is 62.7 Å². The number of hydrogen-bond donors (Lipinski definition) is 1. The second kappa shape index (κ2) is 6.66. The van der Waals surface area contributed by atoms with Crippen LogP contribution in [0.5, 0.6) is 0 Å². The van der Waals surface area contributed by atoms with Crippen LogP contribution in [-0.2, 0) is 6.42 Å². The summed E-state index contributed by atoms with van der Waals surface area (Å²) in [5, 5.41) is 7.92. The third-order valence-electron chi connectivity index (χ3n) is 4.01. The summed E-state index contributed by atoms with van der Waals surface area (Å²) in [4.78, 5) is 4.96. The molecule has 18 heavy (non-hydrogen) atoms. The molecule has 0 spiro atoms. The monoisotopic (exact) mass is 267 g/mol. The Morgan fingerprint density at radius 3 is 2.94 bits per heavy atom. The maximum absolute atomic E-state index is 3.48. The highest BCUT2D eigenvalue weighted by Gasteiger charge is 2.24. The van der Waals surface area contributed by atoms with Crippen molar-refractivity contribution in [2.45, 2.75) is 24.9 Å². The normalized spacial score (nSPS) is 24.3. The summed E-state index contributed by atoms with van der Waals surface area (Å²) < 4.78 is 0. The first-order chi connectivity index (χ1) is 8.69. The van der Waals surface area contributed by atoms with Crippen LogP contribution in [0.4, 0.5) is 0 Å². The van der Waals surface area contributed by atoms with Crippen LogP contribution in [0.2, 0.25) is 0 Å². The lowest BCUT2D eigenvalue weighted by Crippen LogP contribution is -2.52. The molecule has 1 aliphatic heterocycles. The van der Waals surface area contributed by atoms with Gasteiger partial charge in [-0.05, 0) is 56.4 Å². The van der Waals surface area contributed by atoms with Gasteiger partial charge in [0.25, 0.3) is 0 Å². The lowest BCUT2D eigenvalue weighted by atomic mass is 9.99. The predicted octanol–water partition coefficient (Wildman–Crippen LogP) is 1.51. The van der Waals surface area contributed by atoms with Gasteiger partial charge >= 0.3 is 0 Å². The molecule has 0 aliphatic carbocycles. The van der Waals surface area contributed by atoms with E-state index in [0.29, 0.717) is 12.1 Å². The number of piperazine rings is 1. The van der Waals surface area contributed by atoms with Crippen molar-refractivity contribution in [3.8, 4) is 0 Å². The van der Waals surface area contributed by atoms with Crippen molar-refractivity contribution < 1.29 is 0 Å². The first-order valence-corrected chi connectivity index (χ1v) is 7.70. The molecule has 2 atom stereocenters. The molecule has 2 heterocycles. The maximum Gasteiger partial charge on any atom is 0.0235 e. The summed E-state index contributed by atoms with van der Waals surface area (Å²) in [7, 11) is 6.58. The zero-order valence-corrected chi connectivity index (χ0v) is 12.5. The Kier molecular flexibility index (Phi) is 5.18. The number of likely N-dealkylation sites (N-methyl/N-ethyl adjacent to an activating group) is 3. The van der Waals surface area contributed by atoms with Crippen LogP contribution in [0.3, 0.4) is 0 Å². The van der Waals surface area contributed by atoms with E-state index in [1.807, 2.05) is 0 Å². The number of hydrogen-bond acceptors (Lipinski definition) is 4. The van der Waals surface area contributed by atoms with Crippen molar-refractivity contribution in [1.29, 1.82) is 0 Å². The van der Waals surface area contributed by atoms with Crippen LogP contribution in [0.15, 0.2) is 16.8 Å². The molecule has 2 rings (SSSR count). The average Bonchev–Trinajstić information content (AvgIpc) is 2.85. The number of nitrogens with one attached hydrogen (secondary N) is 1. The Labute approximate surface area is 115 Å². The van der Waals surface area contributed by atoms with E-state index in [1.54, 1.807) is 11.3 Å². The predicted molar refractivity (Wildman–Crippen MR) is 79.4 cm³/mol. The van der Waals surface area contributed by atoms with Gasteiger partial charge in [-0.2, -0.15) is 11.3 Å². The Bertz CT molecular complexity index is 339. The zero-order valence-electron chi connectivity index (χ0n) is 11.7. The summed E-state index contributed by atoms with van der Waals surface area (Å²) in [6.07, 6.45) is 2.38. The second-order valence-corrected chi connectivity index (χ2v) is 6.23. The average molecular weight is 267 g/mol. The third-order valence-corrected chi connectivity index (χ3v) is 4.74. The molecular formula is C14H25N3S. The number of rotatable bonds is 5. The Morgan fingerprint density at radius 1 is 1.44 bits per heavy atom. The highest BCUT2D eigenvalue weighted by atomic mass is 32.1. The zero-order chi connectivity index (χ0) is 13.0. The SMILES string of the molecule is CNC(Cc1ccsc1)CC1CN(C)CCN1C. The minimum atomic E-state index is 0.582. The minimum absolute atomic E-state index is 0.582. The summed E-state index contributed by atoms with van der Waals surface area (Å²) in [6, 6.07) is 3.50. The van der Waals surface area contributed by atoms with E-state index in [1.165, 1.54) is 31.6 Å². The number of nitrogens with zero attached hydrogens (tertiary/aromatic N) is 2. The van der Waals surface area contributed by atoms with E-state index in [0.717, 1.165) is 6.42 Å². The first kappa shape index (κ1) is 14.0. The maximum atomic E-state index is 3.48. The molecule has 1 aromatic heterocycles. The minimum Gasteiger partial charge on any atom is -0.317 e. The molecule has 0 bridgehead atoms. The van der Waals surface area contributed by atoms with Crippen molar-refractivity contribution in [3.05, 3.63) is 22.4 Å². The molecule has 1 fully saturated rings. The number of thiophene rings is 1. The van der Waals surface area contributed by atoms with Gasteiger partial charge in [0.05, 0.1) is 0 Å². The Balaban J connectivity index is 1.88. The van der Waals surface area contributed by atoms with Gasteiger partial charge in [0.15, 0.2) is 0 Å². The van der Waals surface area contributed by atoms with Gasteiger partial charge in [0.2, 0.25) is 0 Å². The highest BCUT2D eigenvalue weighted by Crippen LogP contribution is 2.16. The fourth-order valence-electron chi connectivity index (χ4n) is 2.68. The molecule has 102 valence electrons. The topological polar surface area (TPSA) is 18.5 Å². The molecule has 0 aromatic carbocycles. The van der Waals surface area contributed by atoms with Crippen molar-refractivity contribution in [2.24, 2.45) is 0 Å². The fourth-order valence-corrected chi connectivity index (χ4v) is 3.36. The van der Waals surface area contributed by atoms with Crippen LogP contribution >= 0.6 is 11.3 Å².